The molecule has 8 rings (SSSR count). The van der Waals surface area contributed by atoms with Gasteiger partial charge in [0.05, 0.1) is 50.2 Å². The third-order valence-electron chi connectivity index (χ3n) is 11.5. The van der Waals surface area contributed by atoms with E-state index in [4.69, 9.17) is 5.73 Å². The molecule has 0 atom stereocenters. The van der Waals surface area contributed by atoms with E-state index in [2.05, 4.69) is 25.5 Å². The van der Waals surface area contributed by atoms with Gasteiger partial charge in [-0.1, -0.05) is 12.1 Å². The minimum absolute atomic E-state index is 0. The number of halogens is 7. The van der Waals surface area contributed by atoms with E-state index in [1.807, 2.05) is 0 Å². The fraction of sp³-hybridized carbons (Fsp3) is 0.200. The van der Waals surface area contributed by atoms with Crippen molar-refractivity contribution in [1.82, 2.24) is 44.0 Å². The summed E-state index contributed by atoms with van der Waals surface area (Å²) in [5.41, 5.74) is 4.20. The highest BCUT2D eigenvalue weighted by atomic mass is 35.5. The van der Waals surface area contributed by atoms with Crippen molar-refractivity contribution in [3.8, 4) is 33.9 Å². The normalized spacial score (nSPS) is 11.6. The van der Waals surface area contributed by atoms with Crippen LogP contribution in [0, 0.1) is 13.8 Å². The summed E-state index contributed by atoms with van der Waals surface area (Å²) >= 11 is 0. The molecule has 0 unspecified atom stereocenters. The maximum Gasteiger partial charge on any atom is 0.416 e. The summed E-state index contributed by atoms with van der Waals surface area (Å²) in [7, 11) is -3.29. The van der Waals surface area contributed by atoms with Crippen LogP contribution in [0.4, 0.5) is 26.3 Å². The van der Waals surface area contributed by atoms with Gasteiger partial charge in [0.2, 0.25) is 0 Å². The van der Waals surface area contributed by atoms with Crippen LogP contribution in [0.3, 0.4) is 0 Å². The monoisotopic (exact) mass is 1140 g/mol. The summed E-state index contributed by atoms with van der Waals surface area (Å²) in [5.74, 6) is -2.25. The number of hydrogen-bond acceptors (Lipinski definition) is 13. The molecule has 19 nitrogen and oxygen atoms in total. The molecule has 0 bridgehead atoms. The zero-order valence-electron chi connectivity index (χ0n) is 41.8. The predicted octanol–water partition coefficient (Wildman–Crippen LogP) is 6.92. The smallest absolute Gasteiger partial charge is 0.416 e. The Labute approximate surface area is 446 Å². The number of aryl methyl sites for hydroxylation is 2. The Morgan fingerprint density at radius 1 is 0.628 bits per heavy atom. The van der Waals surface area contributed by atoms with Gasteiger partial charge >= 0.3 is 18.3 Å². The second-order valence-electron chi connectivity index (χ2n) is 16.9. The molecule has 28 heteroatoms. The number of sulfone groups is 2. The summed E-state index contributed by atoms with van der Waals surface area (Å²) in [6, 6.07) is 20.2. The molecule has 0 saturated carbocycles. The van der Waals surface area contributed by atoms with Gasteiger partial charge in [0.15, 0.2) is 19.7 Å². The Hall–Kier alpha value is -8.27. The lowest BCUT2D eigenvalue weighted by atomic mass is 10.1. The van der Waals surface area contributed by atoms with Crippen LogP contribution in [0.2, 0.25) is 0 Å². The maximum atomic E-state index is 13.5. The standard InChI is InChI=1S/C25H22F3N5O4S.C18H14F3N3O3.C7H10N2O2S.ClH/c1-15-20(22-9-10-31-32(22)2)12-21(23(34)30-13-17-7-8-19(14-29-17)38(3,36)37)24(35)33(15)18-6-4-5-16(11-18)25(26,27)28;1-10-13(15-6-7-22-23(15)2)9-14(17(26)27)16(25)24(10)12-5-3-4-11(8-12)18(19,20)21;1-12(10,11)7-3-2-6(4-8)9-5-7;/h4-12,14H,13H2,1-3H3,(H,30,34);3-9H,1-2H3,(H,26,27);2-3,5H,4,8H2,1H3;1H. The van der Waals surface area contributed by atoms with E-state index in [0.29, 0.717) is 51.8 Å². The molecular weight excluding hydrogens is 1100 g/mol. The highest BCUT2D eigenvalue weighted by molar-refractivity contribution is 7.91. The van der Waals surface area contributed by atoms with E-state index in [1.54, 1.807) is 39.2 Å². The van der Waals surface area contributed by atoms with Crippen molar-refractivity contribution in [1.29, 1.82) is 0 Å². The van der Waals surface area contributed by atoms with Crippen LogP contribution in [0.1, 0.15) is 54.6 Å². The molecule has 4 N–H and O–H groups in total. The SMILES string of the molecule is CS(=O)(=O)c1ccc(CN)nc1.Cc1c(-c2ccnn2C)cc(C(=O)NCc2ccc(S(C)(=O)=O)cn2)c(=O)n1-c1cccc(C(F)(F)F)c1.Cc1c(-c2ccnn2C)cc(C(=O)O)c(=O)n1-c1cccc(C(F)(F)F)c1.Cl. The molecule has 0 saturated heterocycles. The van der Waals surface area contributed by atoms with Gasteiger partial charge in [0, 0.05) is 91.8 Å². The number of carboxylic acid groups (broad SMARTS) is 1. The Bertz CT molecular complexity index is 3880. The highest BCUT2D eigenvalue weighted by Gasteiger charge is 2.32. The molecular formula is C50H47ClF6N10O9S2. The molecule has 0 radical (unpaired) electrons. The van der Waals surface area contributed by atoms with E-state index in [9.17, 15) is 67.5 Å². The van der Waals surface area contributed by atoms with Crippen molar-refractivity contribution in [2.24, 2.45) is 19.8 Å². The number of nitrogens with zero attached hydrogens (tertiary/aromatic N) is 8. The Balaban J connectivity index is 0.000000243. The van der Waals surface area contributed by atoms with Gasteiger partial charge in [-0.3, -0.25) is 42.8 Å². The van der Waals surface area contributed by atoms with Gasteiger partial charge in [-0.05, 0) is 98.8 Å². The number of hydrogen-bond donors (Lipinski definition) is 3. The first-order valence-corrected chi connectivity index (χ1v) is 26.1. The number of aromatic nitrogens is 8. The molecule has 8 aromatic rings. The first kappa shape index (κ1) is 60.6. The Morgan fingerprint density at radius 2 is 1.04 bits per heavy atom. The van der Waals surface area contributed by atoms with Gasteiger partial charge < -0.3 is 16.2 Å². The average Bonchev–Trinajstić information content (AvgIpc) is 4.04. The van der Waals surface area contributed by atoms with Crippen LogP contribution < -0.4 is 22.2 Å². The maximum absolute atomic E-state index is 13.5. The fourth-order valence-electron chi connectivity index (χ4n) is 7.53. The predicted molar refractivity (Wildman–Crippen MR) is 276 cm³/mol. The number of aromatic carboxylic acids is 1. The zero-order chi connectivity index (χ0) is 56.9. The minimum Gasteiger partial charge on any atom is -0.477 e. The summed E-state index contributed by atoms with van der Waals surface area (Å²) < 4.78 is 130. The van der Waals surface area contributed by atoms with E-state index in [1.165, 1.54) is 89.5 Å². The number of pyridine rings is 4. The number of nitrogens with one attached hydrogen (secondary N) is 1. The quantitative estimate of drug-likeness (QED) is 0.111. The summed E-state index contributed by atoms with van der Waals surface area (Å²) in [6.07, 6.45) is -1.56. The highest BCUT2D eigenvalue weighted by Crippen LogP contribution is 2.33. The third kappa shape index (κ3) is 14.0. The molecule has 6 heterocycles. The molecule has 0 spiro atoms. The Kier molecular flexibility index (Phi) is 18.6. The zero-order valence-corrected chi connectivity index (χ0v) is 44.3. The second kappa shape index (κ2) is 24.0. The van der Waals surface area contributed by atoms with E-state index in [0.717, 1.165) is 52.1 Å². The minimum atomic E-state index is -4.63. The van der Waals surface area contributed by atoms with Crippen molar-refractivity contribution in [3.05, 3.63) is 188 Å². The number of benzene rings is 2. The van der Waals surface area contributed by atoms with Crippen LogP contribution in [-0.4, -0.2) is 85.0 Å². The molecule has 1 amide bonds. The number of carbonyl (C=O) groups is 2. The number of nitrogens with two attached hydrogens (primary N) is 1. The first-order valence-electron chi connectivity index (χ1n) is 22.3. The molecule has 6 aromatic heterocycles. The number of amides is 1. The molecule has 0 fully saturated rings. The van der Waals surface area contributed by atoms with Crippen molar-refractivity contribution in [2.75, 3.05) is 12.5 Å². The van der Waals surface area contributed by atoms with Crippen molar-refractivity contribution >= 4 is 44.0 Å². The summed E-state index contributed by atoms with van der Waals surface area (Å²) in [5, 5.41) is 20.1. The van der Waals surface area contributed by atoms with Crippen molar-refractivity contribution < 1.29 is 57.9 Å². The van der Waals surface area contributed by atoms with Gasteiger partial charge in [-0.25, -0.2) is 21.6 Å². The van der Waals surface area contributed by atoms with Gasteiger partial charge in [0.25, 0.3) is 17.0 Å². The molecule has 0 aliphatic heterocycles. The first-order chi connectivity index (χ1) is 35.9. The van der Waals surface area contributed by atoms with Gasteiger partial charge in [-0.2, -0.15) is 36.5 Å². The molecule has 412 valence electrons. The van der Waals surface area contributed by atoms with Gasteiger partial charge in [-0.15, -0.1) is 12.4 Å². The molecule has 78 heavy (non-hydrogen) atoms. The lowest BCUT2D eigenvalue weighted by molar-refractivity contribution is -0.138. The fourth-order valence-corrected chi connectivity index (χ4v) is 8.65. The largest absolute Gasteiger partial charge is 0.477 e. The van der Waals surface area contributed by atoms with Crippen LogP contribution in [0.15, 0.2) is 141 Å². The van der Waals surface area contributed by atoms with Crippen molar-refractivity contribution in [3.63, 3.8) is 0 Å². The van der Waals surface area contributed by atoms with E-state index >= 15 is 0 Å². The van der Waals surface area contributed by atoms with Crippen LogP contribution in [-0.2, 0) is 59.2 Å². The average molecular weight is 1150 g/mol. The lowest BCUT2D eigenvalue weighted by Gasteiger charge is -2.18. The molecule has 2 aromatic carbocycles. The summed E-state index contributed by atoms with van der Waals surface area (Å²) in [4.78, 5) is 58.9. The summed E-state index contributed by atoms with van der Waals surface area (Å²) in [6.45, 7) is 3.30. The number of carbonyl (C=O) groups excluding carboxylic acids is 1. The number of rotatable bonds is 11. The number of carboxylic acids is 1. The molecule has 0 aliphatic carbocycles. The molecule has 0 aliphatic rings. The van der Waals surface area contributed by atoms with Crippen LogP contribution in [0.25, 0.3) is 33.9 Å². The van der Waals surface area contributed by atoms with Crippen LogP contribution >= 0.6 is 12.4 Å². The third-order valence-corrected chi connectivity index (χ3v) is 13.7. The number of alkyl halides is 6. The van der Waals surface area contributed by atoms with Gasteiger partial charge in [0.1, 0.15) is 11.1 Å². The topological polar surface area (TPSA) is 266 Å². The second-order valence-corrected chi connectivity index (χ2v) is 20.9. The lowest BCUT2D eigenvalue weighted by Crippen LogP contribution is -2.34. The van der Waals surface area contributed by atoms with Crippen LogP contribution in [0.5, 0.6) is 0 Å². The van der Waals surface area contributed by atoms with E-state index < -0.39 is 71.7 Å². The van der Waals surface area contributed by atoms with Crippen molar-refractivity contribution in [2.45, 2.75) is 49.1 Å². The Morgan fingerprint density at radius 3 is 1.38 bits per heavy atom. The van der Waals surface area contributed by atoms with E-state index in [-0.39, 0.29) is 45.7 Å².